The molecule has 2 aromatic heterocycles. The minimum absolute atomic E-state index is 0.193. The minimum Gasteiger partial charge on any atom is -0.377 e. The molecule has 72 valence electrons. The molecule has 0 aliphatic carbocycles. The highest BCUT2D eigenvalue weighted by Gasteiger charge is 2.17. The quantitative estimate of drug-likeness (QED) is 0.662. The Bertz CT molecular complexity index is 413. The number of hydrogen-bond donors (Lipinski definition) is 1. The van der Waals surface area contributed by atoms with Crippen LogP contribution in [0.3, 0.4) is 0 Å². The summed E-state index contributed by atoms with van der Waals surface area (Å²) in [5.74, 6) is 0.458. The number of aliphatic hydroxyl groups excluding tert-OH is 1. The van der Waals surface area contributed by atoms with Crippen LogP contribution in [0, 0.1) is 0 Å². The Morgan fingerprint density at radius 1 is 1.29 bits per heavy atom. The van der Waals surface area contributed by atoms with E-state index in [2.05, 4.69) is 25.4 Å². The average Bonchev–Trinajstić information content (AvgIpc) is 2.65. The summed E-state index contributed by atoms with van der Waals surface area (Å²) in [7, 11) is 1.62. The molecule has 0 bridgehead atoms. The Hall–Kier alpha value is -1.89. The lowest BCUT2D eigenvalue weighted by Gasteiger charge is -2.02. The summed E-state index contributed by atoms with van der Waals surface area (Å²) < 4.78 is 0. The Morgan fingerprint density at radius 3 is 2.57 bits per heavy atom. The first kappa shape index (κ1) is 8.70. The Balaban J connectivity index is 2.29. The molecule has 1 N–H and O–H groups in total. The van der Waals surface area contributed by atoms with Gasteiger partial charge >= 0.3 is 0 Å². The zero-order valence-electron chi connectivity index (χ0n) is 7.44. The van der Waals surface area contributed by atoms with Crippen LogP contribution in [0.25, 0.3) is 0 Å². The number of aliphatic hydroxyl groups is 1. The minimum atomic E-state index is -1.02. The summed E-state index contributed by atoms with van der Waals surface area (Å²) in [4.78, 5) is 9.04. The van der Waals surface area contributed by atoms with Crippen molar-refractivity contribution in [2.24, 2.45) is 7.05 Å². The Kier molecular flexibility index (Phi) is 2.15. The van der Waals surface area contributed by atoms with Gasteiger partial charge in [0.05, 0.1) is 7.05 Å². The average molecular weight is 192 g/mol. The maximum atomic E-state index is 9.70. The van der Waals surface area contributed by atoms with Crippen molar-refractivity contribution in [3.8, 4) is 0 Å². The van der Waals surface area contributed by atoms with Gasteiger partial charge < -0.3 is 5.11 Å². The molecular formula is C7H8N6O. The molecule has 0 saturated heterocycles. The second-order valence-corrected chi connectivity index (χ2v) is 2.65. The molecule has 0 aromatic carbocycles. The molecule has 0 spiro atoms. The van der Waals surface area contributed by atoms with E-state index in [1.807, 2.05) is 0 Å². The normalized spacial score (nSPS) is 12.7. The van der Waals surface area contributed by atoms with E-state index in [0.717, 1.165) is 0 Å². The summed E-state index contributed by atoms with van der Waals surface area (Å²) in [5, 5.41) is 20.8. The molecule has 2 heterocycles. The molecule has 0 amide bonds. The fourth-order valence-electron chi connectivity index (χ4n) is 0.975. The topological polar surface area (TPSA) is 89.6 Å². The van der Waals surface area contributed by atoms with Crippen LogP contribution in [-0.2, 0) is 7.05 Å². The van der Waals surface area contributed by atoms with Gasteiger partial charge in [-0.05, 0) is 11.3 Å². The van der Waals surface area contributed by atoms with Crippen molar-refractivity contribution >= 4 is 0 Å². The highest BCUT2D eigenvalue weighted by molar-refractivity contribution is 5.03. The van der Waals surface area contributed by atoms with Crippen molar-refractivity contribution in [2.45, 2.75) is 6.10 Å². The number of rotatable bonds is 2. The van der Waals surface area contributed by atoms with Gasteiger partial charge in [0, 0.05) is 12.4 Å². The van der Waals surface area contributed by atoms with Gasteiger partial charge in [-0.15, -0.1) is 10.2 Å². The van der Waals surface area contributed by atoms with Crippen LogP contribution >= 0.6 is 0 Å². The third kappa shape index (κ3) is 1.57. The van der Waals surface area contributed by atoms with Crippen LogP contribution in [0.5, 0.6) is 0 Å². The second-order valence-electron chi connectivity index (χ2n) is 2.65. The molecular weight excluding hydrogens is 184 g/mol. The number of nitrogens with zero attached hydrogens (tertiary/aromatic N) is 6. The summed E-state index contributed by atoms with van der Waals surface area (Å²) in [6, 6.07) is 1.67. The Morgan fingerprint density at radius 2 is 2.00 bits per heavy atom. The predicted molar refractivity (Wildman–Crippen MR) is 44.9 cm³/mol. The lowest BCUT2D eigenvalue weighted by atomic mass is 10.3. The number of aromatic nitrogens is 6. The van der Waals surface area contributed by atoms with Crippen molar-refractivity contribution in [3.63, 3.8) is 0 Å². The van der Waals surface area contributed by atoms with E-state index in [-0.39, 0.29) is 11.6 Å². The summed E-state index contributed by atoms with van der Waals surface area (Å²) >= 11 is 0. The van der Waals surface area contributed by atoms with E-state index in [1.54, 1.807) is 25.5 Å². The first-order valence-corrected chi connectivity index (χ1v) is 3.96. The van der Waals surface area contributed by atoms with Crippen LogP contribution in [-0.4, -0.2) is 35.3 Å². The molecule has 2 rings (SSSR count). The summed E-state index contributed by atoms with van der Waals surface area (Å²) in [6.45, 7) is 0. The molecule has 0 aliphatic heterocycles. The monoisotopic (exact) mass is 192 g/mol. The predicted octanol–water partition coefficient (Wildman–Crippen LogP) is -0.918. The van der Waals surface area contributed by atoms with E-state index < -0.39 is 6.10 Å². The lowest BCUT2D eigenvalue weighted by molar-refractivity contribution is 0.199. The van der Waals surface area contributed by atoms with Crippen molar-refractivity contribution < 1.29 is 5.11 Å². The van der Waals surface area contributed by atoms with Gasteiger partial charge in [0.25, 0.3) is 0 Å². The molecule has 7 nitrogen and oxygen atoms in total. The molecule has 0 radical (unpaired) electrons. The zero-order valence-corrected chi connectivity index (χ0v) is 7.44. The van der Waals surface area contributed by atoms with Gasteiger partial charge in [0.2, 0.25) is 5.82 Å². The number of tetrazole rings is 1. The van der Waals surface area contributed by atoms with Crippen molar-refractivity contribution in [1.29, 1.82) is 0 Å². The molecule has 0 saturated carbocycles. The van der Waals surface area contributed by atoms with Crippen molar-refractivity contribution in [1.82, 2.24) is 30.2 Å². The van der Waals surface area contributed by atoms with Gasteiger partial charge in [-0.3, -0.25) is 0 Å². The maximum Gasteiger partial charge on any atom is 0.210 e. The van der Waals surface area contributed by atoms with Crippen LogP contribution < -0.4 is 0 Å². The fraction of sp³-hybridized carbons (Fsp3) is 0.286. The van der Waals surface area contributed by atoms with Crippen LogP contribution in [0.4, 0.5) is 0 Å². The molecule has 1 unspecified atom stereocenters. The van der Waals surface area contributed by atoms with Gasteiger partial charge in [-0.2, -0.15) is 4.80 Å². The van der Waals surface area contributed by atoms with Crippen molar-refractivity contribution in [2.75, 3.05) is 0 Å². The summed E-state index contributed by atoms with van der Waals surface area (Å²) in [6.07, 6.45) is 2.06. The SMILES string of the molecule is Cn1nnc(C(O)c2ncccn2)n1. The number of hydrogen-bond acceptors (Lipinski definition) is 6. The molecule has 2 aromatic rings. The first-order chi connectivity index (χ1) is 6.77. The zero-order chi connectivity index (χ0) is 9.97. The van der Waals surface area contributed by atoms with Gasteiger partial charge in [-0.25, -0.2) is 9.97 Å². The first-order valence-electron chi connectivity index (χ1n) is 3.96. The molecule has 7 heteroatoms. The molecule has 0 aliphatic rings. The molecule has 14 heavy (non-hydrogen) atoms. The third-order valence-electron chi connectivity index (χ3n) is 1.60. The molecule has 0 fully saturated rings. The standard InChI is InChI=1S/C7H8N6O/c1-13-11-7(10-12-13)5(14)6-8-3-2-4-9-6/h2-5,14H,1H3. The lowest BCUT2D eigenvalue weighted by Crippen LogP contribution is -2.07. The van der Waals surface area contributed by atoms with Crippen LogP contribution in [0.15, 0.2) is 18.5 Å². The second kappa shape index (κ2) is 3.46. The van der Waals surface area contributed by atoms with E-state index in [0.29, 0.717) is 0 Å². The largest absolute Gasteiger partial charge is 0.377 e. The maximum absolute atomic E-state index is 9.70. The highest BCUT2D eigenvalue weighted by atomic mass is 16.3. The van der Waals surface area contributed by atoms with E-state index in [9.17, 15) is 5.11 Å². The fourth-order valence-corrected chi connectivity index (χ4v) is 0.975. The van der Waals surface area contributed by atoms with Crippen LogP contribution in [0.2, 0.25) is 0 Å². The van der Waals surface area contributed by atoms with E-state index >= 15 is 0 Å². The number of aryl methyl sites for hydroxylation is 1. The van der Waals surface area contributed by atoms with Crippen molar-refractivity contribution in [3.05, 3.63) is 30.1 Å². The van der Waals surface area contributed by atoms with Gasteiger partial charge in [-0.1, -0.05) is 0 Å². The Labute approximate surface area is 79.4 Å². The summed E-state index contributed by atoms with van der Waals surface area (Å²) in [5.41, 5.74) is 0. The van der Waals surface area contributed by atoms with Gasteiger partial charge in [0.15, 0.2) is 11.9 Å². The van der Waals surface area contributed by atoms with Crippen LogP contribution in [0.1, 0.15) is 17.8 Å². The van der Waals surface area contributed by atoms with E-state index in [4.69, 9.17) is 0 Å². The third-order valence-corrected chi connectivity index (χ3v) is 1.60. The van der Waals surface area contributed by atoms with E-state index in [1.165, 1.54) is 4.80 Å². The molecule has 1 atom stereocenters. The smallest absolute Gasteiger partial charge is 0.210 e. The highest BCUT2D eigenvalue weighted by Crippen LogP contribution is 2.11. The van der Waals surface area contributed by atoms with Gasteiger partial charge in [0.1, 0.15) is 0 Å².